The van der Waals surface area contributed by atoms with E-state index in [2.05, 4.69) is 171 Å². The summed E-state index contributed by atoms with van der Waals surface area (Å²) < 4.78 is 40.3. The summed E-state index contributed by atoms with van der Waals surface area (Å²) in [4.78, 5) is 9.36. The third-order valence-electron chi connectivity index (χ3n) is 19.0. The van der Waals surface area contributed by atoms with Gasteiger partial charge in [-0.25, -0.2) is 8.78 Å². The van der Waals surface area contributed by atoms with Gasteiger partial charge in [-0.15, -0.1) is 0 Å². The van der Waals surface area contributed by atoms with Gasteiger partial charge in [0, 0.05) is 79.5 Å². The summed E-state index contributed by atoms with van der Waals surface area (Å²) >= 11 is 0. The summed E-state index contributed by atoms with van der Waals surface area (Å²) in [5.74, 6) is -0.676. The molecule has 0 fully saturated rings. The molecule has 0 atom stereocenters. The Morgan fingerprint density at radius 1 is 0.344 bits per heavy atom. The van der Waals surface area contributed by atoms with Crippen LogP contribution in [0.15, 0.2) is 328 Å². The monoisotopic (exact) mass is 1240 g/mol. The molecule has 3 aromatic heterocycles. The largest absolute Gasteiger partial charge is 0.379 e. The Hall–Kier alpha value is -12.7. The Bertz CT molecular complexity index is 5880. The van der Waals surface area contributed by atoms with Crippen molar-refractivity contribution >= 4 is 111 Å². The van der Waals surface area contributed by atoms with Crippen LogP contribution in [0.3, 0.4) is 0 Å². The fourth-order valence-electron chi connectivity index (χ4n) is 14.9. The number of para-hydroxylation sites is 2. The smallest absolute Gasteiger partial charge is 0.148 e. The minimum Gasteiger partial charge on any atom is -0.379 e. The Morgan fingerprint density at radius 2 is 0.729 bits per heavy atom. The Kier molecular flexibility index (Phi) is 13.5. The van der Waals surface area contributed by atoms with E-state index in [-0.39, 0.29) is 11.6 Å². The van der Waals surface area contributed by atoms with Crippen LogP contribution < -0.4 is 15.1 Å². The minimum atomic E-state index is -0.340. The highest BCUT2D eigenvalue weighted by atomic mass is 19.1. The zero-order chi connectivity index (χ0) is 63.8. The van der Waals surface area contributed by atoms with Gasteiger partial charge >= 0.3 is 0 Å². The van der Waals surface area contributed by atoms with E-state index in [0.717, 1.165) is 155 Å². The van der Waals surface area contributed by atoms with Crippen molar-refractivity contribution < 1.29 is 8.78 Å². The molecule has 1 aliphatic rings. The Morgan fingerprint density at radius 3 is 1.20 bits per heavy atom. The molecule has 17 aromatic rings. The van der Waals surface area contributed by atoms with Crippen LogP contribution in [0, 0.1) is 11.6 Å². The van der Waals surface area contributed by atoms with Gasteiger partial charge in [-0.2, -0.15) is 0 Å². The predicted molar refractivity (Wildman–Crippen MR) is 396 cm³/mol. The van der Waals surface area contributed by atoms with E-state index in [1.165, 1.54) is 0 Å². The van der Waals surface area contributed by atoms with Crippen LogP contribution in [0.4, 0.5) is 48.6 Å². The second-order valence-corrected chi connectivity index (χ2v) is 24.4. The van der Waals surface area contributed by atoms with E-state index in [9.17, 15) is 0 Å². The van der Waals surface area contributed by atoms with E-state index in [1.807, 2.05) is 175 Å². The summed E-state index contributed by atoms with van der Waals surface area (Å²) in [6.45, 7) is 0.665. The molecule has 0 radical (unpaired) electrons. The lowest BCUT2D eigenvalue weighted by Gasteiger charge is -2.29. The van der Waals surface area contributed by atoms with Crippen LogP contribution >= 0.6 is 0 Å². The van der Waals surface area contributed by atoms with Crippen molar-refractivity contribution in [2.24, 2.45) is 0 Å². The second-order valence-electron chi connectivity index (χ2n) is 24.4. The number of rotatable bonds is 12. The van der Waals surface area contributed by atoms with Crippen LogP contribution in [0.5, 0.6) is 0 Å². The van der Waals surface area contributed by atoms with Crippen LogP contribution in [-0.4, -0.2) is 20.7 Å². The van der Waals surface area contributed by atoms with E-state index in [0.29, 0.717) is 17.9 Å². The van der Waals surface area contributed by atoms with E-state index < -0.39 is 0 Å². The van der Waals surface area contributed by atoms with Gasteiger partial charge in [0.25, 0.3) is 0 Å². The van der Waals surface area contributed by atoms with E-state index >= 15 is 8.78 Å². The van der Waals surface area contributed by atoms with Crippen LogP contribution in [0.25, 0.3) is 127 Å². The molecule has 0 aliphatic carbocycles. The molecule has 4 heterocycles. The average Bonchev–Trinajstić information content (AvgIpc) is 1.48. The molecule has 0 unspecified atom stereocenters. The van der Waals surface area contributed by atoms with Gasteiger partial charge in [-0.05, 0) is 170 Å². The standard InChI is InChI=1S/C88H58F2N6/c89-75-55-61(57-25-7-1-8-26-57)53-73(59-29-11-3-12-30-59)85(75)93(63-33-15-5-16-34-63)65-43-47-67(48-44-65)95-77-41-23-51-91-83(77)81-71-39-21-20-38-70(71)80-79(87(81)95)69-37-19-22-40-72(69)82-84-78(42-24-52-92-84)96(88(80)82)68-49-45-66(46-50-68)94(64-35-17-6-18-36-64)86-74(60-31-13-4-14-32-60)54-62(56-76(86)90)58-27-9-2-10-28-58/h1-51,53-56,92H,52H2. The normalized spacial score (nSPS) is 12.1. The fraction of sp³-hybridized carbons (Fsp3) is 0.0114. The number of hydrogen-bond acceptors (Lipinski definition) is 4. The van der Waals surface area contributed by atoms with Gasteiger partial charge in [0.1, 0.15) is 11.6 Å². The zero-order valence-corrected chi connectivity index (χ0v) is 52.0. The lowest BCUT2D eigenvalue weighted by atomic mass is 9.91. The summed E-state index contributed by atoms with van der Waals surface area (Å²) in [5, 5.41) is 12.6. The highest BCUT2D eigenvalue weighted by Gasteiger charge is 2.31. The zero-order valence-electron chi connectivity index (χ0n) is 52.0. The Labute approximate surface area is 553 Å². The molecule has 14 aromatic carbocycles. The number of anilines is 7. The predicted octanol–water partition coefficient (Wildman–Crippen LogP) is 23.9. The van der Waals surface area contributed by atoms with Crippen LogP contribution in [0.1, 0.15) is 5.69 Å². The first-order chi connectivity index (χ1) is 47.5. The van der Waals surface area contributed by atoms with Gasteiger partial charge in [-0.1, -0.05) is 212 Å². The third-order valence-corrected chi connectivity index (χ3v) is 19.0. The number of nitrogens with zero attached hydrogens (tertiary/aromatic N) is 5. The van der Waals surface area contributed by atoms with Crippen molar-refractivity contribution in [3.05, 3.63) is 345 Å². The lowest BCUT2D eigenvalue weighted by molar-refractivity contribution is 0.629. The maximum absolute atomic E-state index is 17.7. The number of fused-ring (bicyclic) bond motifs is 15. The van der Waals surface area contributed by atoms with Crippen molar-refractivity contribution in [1.82, 2.24) is 14.1 Å². The lowest BCUT2D eigenvalue weighted by Crippen LogP contribution is -2.13. The molecule has 0 saturated carbocycles. The molecule has 0 bridgehead atoms. The maximum Gasteiger partial charge on any atom is 0.148 e. The Balaban J connectivity index is 0.866. The molecular formula is C88H58F2N6. The van der Waals surface area contributed by atoms with Crippen molar-refractivity contribution in [3.63, 3.8) is 0 Å². The summed E-state index contributed by atoms with van der Waals surface area (Å²) in [6, 6.07) is 107. The number of benzene rings is 14. The highest BCUT2D eigenvalue weighted by Crippen LogP contribution is 2.53. The molecular weight excluding hydrogens is 1180 g/mol. The first-order valence-corrected chi connectivity index (χ1v) is 32.5. The molecule has 0 saturated heterocycles. The molecule has 454 valence electrons. The SMILES string of the molecule is Fc1cc(-c2ccccc2)cc(-c2ccccc2)c1N(c1ccccc1)c1ccc(-n2c3c(c4c5ccccc5c5c(c6ccccc6c6c7ncccc7n(-c7ccc(N(c8ccccc8)c8c(F)cc(-c9ccccc9)cc8-c8ccccc8)cc7)c65)c42)NCC=C3)cc1. The topological polar surface area (TPSA) is 41.3 Å². The quantitative estimate of drug-likeness (QED) is 0.124. The molecule has 8 heteroatoms. The number of hydrogen-bond donors (Lipinski definition) is 1. The third kappa shape index (κ3) is 9.17. The van der Waals surface area contributed by atoms with Crippen LogP contribution in [0.2, 0.25) is 0 Å². The molecule has 1 aliphatic heterocycles. The first-order valence-electron chi connectivity index (χ1n) is 32.5. The first kappa shape index (κ1) is 56.1. The molecule has 1 N–H and O–H groups in total. The summed E-state index contributed by atoms with van der Waals surface area (Å²) in [5.41, 5.74) is 18.8. The number of pyridine rings is 1. The van der Waals surface area contributed by atoms with Gasteiger partial charge in [-0.3, -0.25) is 4.98 Å². The van der Waals surface area contributed by atoms with Crippen molar-refractivity contribution in [2.45, 2.75) is 0 Å². The van der Waals surface area contributed by atoms with Gasteiger partial charge in [0.2, 0.25) is 0 Å². The maximum atomic E-state index is 17.7. The van der Waals surface area contributed by atoms with Crippen LogP contribution in [-0.2, 0) is 0 Å². The molecule has 0 spiro atoms. The van der Waals surface area contributed by atoms with Gasteiger partial charge in [0.15, 0.2) is 0 Å². The summed E-state index contributed by atoms with van der Waals surface area (Å²) in [6.07, 6.45) is 6.34. The number of nitrogens with one attached hydrogen (secondary N) is 1. The summed E-state index contributed by atoms with van der Waals surface area (Å²) in [7, 11) is 0. The van der Waals surface area contributed by atoms with Crippen molar-refractivity contribution in [1.29, 1.82) is 0 Å². The van der Waals surface area contributed by atoms with Gasteiger partial charge < -0.3 is 24.3 Å². The van der Waals surface area contributed by atoms with Crippen molar-refractivity contribution in [2.75, 3.05) is 21.7 Å². The van der Waals surface area contributed by atoms with Gasteiger partial charge in [0.05, 0.1) is 44.8 Å². The number of aromatic nitrogens is 3. The molecule has 6 nitrogen and oxygen atoms in total. The highest BCUT2D eigenvalue weighted by molar-refractivity contribution is 6.43. The fourth-order valence-corrected chi connectivity index (χ4v) is 14.9. The van der Waals surface area contributed by atoms with E-state index in [1.54, 1.807) is 12.1 Å². The molecule has 96 heavy (non-hydrogen) atoms. The minimum absolute atomic E-state index is 0.336. The number of halogens is 2. The molecule has 18 rings (SSSR count). The van der Waals surface area contributed by atoms with Crippen molar-refractivity contribution in [3.8, 4) is 55.9 Å². The second kappa shape index (κ2) is 23.2. The average molecular weight is 1240 g/mol. The molecule has 0 amide bonds. The van der Waals surface area contributed by atoms with E-state index in [4.69, 9.17) is 4.98 Å².